The maximum atomic E-state index is 5.94. The number of hydrogen-bond donors (Lipinski definition) is 1. The zero-order valence-electron chi connectivity index (χ0n) is 12.1. The molecule has 1 N–H and O–H groups in total. The Balaban J connectivity index is 1.60. The van der Waals surface area contributed by atoms with Crippen molar-refractivity contribution >= 4 is 5.69 Å². The Labute approximate surface area is 120 Å². The van der Waals surface area contributed by atoms with Crippen molar-refractivity contribution in [3.8, 4) is 5.75 Å². The smallest absolute Gasteiger partial charge is 0.123 e. The van der Waals surface area contributed by atoms with Crippen LogP contribution in [0.5, 0.6) is 5.75 Å². The van der Waals surface area contributed by atoms with Gasteiger partial charge in [0.25, 0.3) is 0 Å². The molecule has 0 saturated heterocycles. The summed E-state index contributed by atoms with van der Waals surface area (Å²) in [6.07, 6.45) is 1.22. The minimum atomic E-state index is 0.232. The van der Waals surface area contributed by atoms with Crippen molar-refractivity contribution in [2.45, 2.75) is 32.3 Å². The van der Waals surface area contributed by atoms with Gasteiger partial charge in [-0.1, -0.05) is 44.2 Å². The lowest BCUT2D eigenvalue weighted by molar-refractivity contribution is 0.246. The van der Waals surface area contributed by atoms with Gasteiger partial charge in [-0.05, 0) is 35.2 Å². The van der Waals surface area contributed by atoms with Crippen molar-refractivity contribution in [3.05, 3.63) is 59.7 Å². The van der Waals surface area contributed by atoms with E-state index in [0.717, 1.165) is 18.7 Å². The lowest BCUT2D eigenvalue weighted by Gasteiger charge is -2.14. The van der Waals surface area contributed by atoms with Gasteiger partial charge in [0, 0.05) is 12.1 Å². The Kier molecular flexibility index (Phi) is 3.64. The maximum Gasteiger partial charge on any atom is 0.123 e. The highest BCUT2D eigenvalue weighted by Gasteiger charge is 2.21. The van der Waals surface area contributed by atoms with Crippen molar-refractivity contribution in [2.75, 3.05) is 11.9 Å². The van der Waals surface area contributed by atoms with Crippen molar-refractivity contribution < 1.29 is 4.74 Å². The summed E-state index contributed by atoms with van der Waals surface area (Å²) >= 11 is 0. The highest BCUT2D eigenvalue weighted by atomic mass is 16.5. The van der Waals surface area contributed by atoms with E-state index >= 15 is 0 Å². The van der Waals surface area contributed by atoms with Crippen LogP contribution < -0.4 is 10.1 Å². The molecule has 0 bridgehead atoms. The molecule has 2 nitrogen and oxygen atoms in total. The van der Waals surface area contributed by atoms with Gasteiger partial charge in [0.05, 0.1) is 6.54 Å². The molecule has 0 saturated carbocycles. The van der Waals surface area contributed by atoms with Crippen LogP contribution in [0.2, 0.25) is 0 Å². The fourth-order valence-electron chi connectivity index (χ4n) is 2.61. The van der Waals surface area contributed by atoms with Crippen molar-refractivity contribution in [2.24, 2.45) is 0 Å². The van der Waals surface area contributed by atoms with E-state index in [0.29, 0.717) is 5.92 Å². The number of hydrogen-bond acceptors (Lipinski definition) is 2. The third-order valence-electron chi connectivity index (χ3n) is 3.80. The maximum absolute atomic E-state index is 5.94. The van der Waals surface area contributed by atoms with Crippen LogP contribution in [0.25, 0.3) is 0 Å². The molecule has 20 heavy (non-hydrogen) atoms. The van der Waals surface area contributed by atoms with Gasteiger partial charge in [0.1, 0.15) is 11.9 Å². The van der Waals surface area contributed by atoms with Crippen LogP contribution in [-0.2, 0) is 6.42 Å². The molecule has 0 aromatic heterocycles. The molecule has 3 rings (SSSR count). The minimum absolute atomic E-state index is 0.232. The van der Waals surface area contributed by atoms with E-state index in [2.05, 4.69) is 61.6 Å². The van der Waals surface area contributed by atoms with E-state index in [-0.39, 0.29) is 6.10 Å². The SMILES string of the molecule is CC(C)c1cccc(NCC2Cc3ccccc3O2)c1. The molecule has 2 aromatic rings. The normalized spacial score (nSPS) is 16.9. The third-order valence-corrected chi connectivity index (χ3v) is 3.80. The summed E-state index contributed by atoms with van der Waals surface area (Å²) in [6.45, 7) is 5.28. The molecule has 1 atom stereocenters. The van der Waals surface area contributed by atoms with E-state index in [1.54, 1.807) is 0 Å². The van der Waals surface area contributed by atoms with Gasteiger partial charge < -0.3 is 10.1 Å². The van der Waals surface area contributed by atoms with Gasteiger partial charge in [0.2, 0.25) is 0 Å². The summed E-state index contributed by atoms with van der Waals surface area (Å²) in [4.78, 5) is 0. The molecule has 0 radical (unpaired) electrons. The molecule has 1 unspecified atom stereocenters. The molecule has 1 heterocycles. The summed E-state index contributed by atoms with van der Waals surface area (Å²) in [5.41, 5.74) is 3.86. The first-order valence-electron chi connectivity index (χ1n) is 7.31. The Bertz CT molecular complexity index is 566. The van der Waals surface area contributed by atoms with Crippen LogP contribution in [-0.4, -0.2) is 12.6 Å². The second-order valence-electron chi connectivity index (χ2n) is 5.71. The Hall–Kier alpha value is -1.96. The lowest BCUT2D eigenvalue weighted by Crippen LogP contribution is -2.23. The van der Waals surface area contributed by atoms with E-state index in [9.17, 15) is 0 Å². The Morgan fingerprint density at radius 1 is 1.15 bits per heavy atom. The van der Waals surface area contributed by atoms with Crippen LogP contribution >= 0.6 is 0 Å². The molecule has 2 aromatic carbocycles. The van der Waals surface area contributed by atoms with E-state index in [1.165, 1.54) is 16.8 Å². The van der Waals surface area contributed by atoms with Gasteiger partial charge in [-0.2, -0.15) is 0 Å². The van der Waals surface area contributed by atoms with Crippen molar-refractivity contribution in [3.63, 3.8) is 0 Å². The first-order valence-corrected chi connectivity index (χ1v) is 7.31. The number of benzene rings is 2. The summed E-state index contributed by atoms with van der Waals surface area (Å²) in [7, 11) is 0. The molecule has 0 aliphatic carbocycles. The molecule has 0 amide bonds. The highest BCUT2D eigenvalue weighted by molar-refractivity contribution is 5.47. The predicted molar refractivity (Wildman–Crippen MR) is 83.6 cm³/mol. The summed E-state index contributed by atoms with van der Waals surface area (Å²) in [5, 5.41) is 3.49. The zero-order chi connectivity index (χ0) is 13.9. The summed E-state index contributed by atoms with van der Waals surface area (Å²) in [5.74, 6) is 1.60. The fraction of sp³-hybridized carbons (Fsp3) is 0.333. The second-order valence-corrected chi connectivity index (χ2v) is 5.71. The number of ether oxygens (including phenoxy) is 1. The summed E-state index contributed by atoms with van der Waals surface area (Å²) < 4.78 is 5.94. The molecule has 1 aliphatic heterocycles. The molecule has 104 valence electrons. The molecule has 0 fully saturated rings. The highest BCUT2D eigenvalue weighted by Crippen LogP contribution is 2.28. The topological polar surface area (TPSA) is 21.3 Å². The minimum Gasteiger partial charge on any atom is -0.488 e. The average molecular weight is 267 g/mol. The predicted octanol–water partition coefficient (Wildman–Crippen LogP) is 4.23. The van der Waals surface area contributed by atoms with Gasteiger partial charge in [-0.15, -0.1) is 0 Å². The van der Waals surface area contributed by atoms with Crippen LogP contribution in [0.15, 0.2) is 48.5 Å². The number of fused-ring (bicyclic) bond motifs is 1. The molecule has 2 heteroatoms. The van der Waals surface area contributed by atoms with Crippen LogP contribution in [0.1, 0.15) is 30.9 Å². The number of para-hydroxylation sites is 1. The third kappa shape index (κ3) is 2.79. The van der Waals surface area contributed by atoms with E-state index in [4.69, 9.17) is 4.74 Å². The second kappa shape index (κ2) is 5.58. The van der Waals surface area contributed by atoms with Crippen LogP contribution in [0.4, 0.5) is 5.69 Å². The fourth-order valence-corrected chi connectivity index (χ4v) is 2.61. The number of nitrogens with one attached hydrogen (secondary N) is 1. The Morgan fingerprint density at radius 2 is 2.00 bits per heavy atom. The average Bonchev–Trinajstić information content (AvgIpc) is 2.88. The monoisotopic (exact) mass is 267 g/mol. The molecular weight excluding hydrogens is 246 g/mol. The molecule has 0 spiro atoms. The standard InChI is InChI=1S/C18H21NO/c1-13(2)14-7-5-8-16(10-14)19-12-17-11-15-6-3-4-9-18(15)20-17/h3-10,13,17,19H,11-12H2,1-2H3. The largest absolute Gasteiger partial charge is 0.488 e. The van der Waals surface area contributed by atoms with Gasteiger partial charge in [-0.3, -0.25) is 0 Å². The van der Waals surface area contributed by atoms with Crippen LogP contribution in [0, 0.1) is 0 Å². The number of anilines is 1. The first-order chi connectivity index (χ1) is 9.72. The molecular formula is C18H21NO. The van der Waals surface area contributed by atoms with Crippen molar-refractivity contribution in [1.82, 2.24) is 0 Å². The van der Waals surface area contributed by atoms with Gasteiger partial charge in [-0.25, -0.2) is 0 Å². The quantitative estimate of drug-likeness (QED) is 0.895. The van der Waals surface area contributed by atoms with Crippen molar-refractivity contribution in [1.29, 1.82) is 0 Å². The number of rotatable bonds is 4. The zero-order valence-corrected chi connectivity index (χ0v) is 12.1. The van der Waals surface area contributed by atoms with Gasteiger partial charge in [0.15, 0.2) is 0 Å². The van der Waals surface area contributed by atoms with Crippen LogP contribution in [0.3, 0.4) is 0 Å². The first kappa shape index (κ1) is 13.0. The lowest BCUT2D eigenvalue weighted by atomic mass is 10.0. The summed E-state index contributed by atoms with van der Waals surface area (Å²) in [6, 6.07) is 16.9. The van der Waals surface area contributed by atoms with E-state index in [1.807, 2.05) is 6.07 Å². The molecule has 1 aliphatic rings. The Morgan fingerprint density at radius 3 is 2.80 bits per heavy atom. The van der Waals surface area contributed by atoms with E-state index < -0.39 is 0 Å². The van der Waals surface area contributed by atoms with Gasteiger partial charge >= 0.3 is 0 Å².